The van der Waals surface area contributed by atoms with Crippen LogP contribution in [0.5, 0.6) is 5.75 Å². The van der Waals surface area contributed by atoms with Crippen LogP contribution in [0.2, 0.25) is 0 Å². The molecule has 0 unspecified atom stereocenters. The summed E-state index contributed by atoms with van der Waals surface area (Å²) in [5, 5.41) is 0.531. The van der Waals surface area contributed by atoms with Crippen LogP contribution in [0.15, 0.2) is 24.3 Å². The predicted octanol–water partition coefficient (Wildman–Crippen LogP) is 2.61. The van der Waals surface area contributed by atoms with Gasteiger partial charge in [0.05, 0.1) is 12.8 Å². The van der Waals surface area contributed by atoms with Gasteiger partial charge in [0, 0.05) is 25.1 Å². The number of methoxy groups -OCH3 is 1. The van der Waals surface area contributed by atoms with Crippen LogP contribution in [-0.2, 0) is 19.3 Å². The molecule has 0 bridgehead atoms. The van der Waals surface area contributed by atoms with Gasteiger partial charge < -0.3 is 14.4 Å². The van der Waals surface area contributed by atoms with Gasteiger partial charge in [-0.3, -0.25) is 9.59 Å². The molecule has 0 aliphatic heterocycles. The minimum Gasteiger partial charge on any atom is -0.497 e. The molecule has 7 nitrogen and oxygen atoms in total. The molecule has 1 aromatic rings. The van der Waals surface area contributed by atoms with Crippen molar-refractivity contribution in [3.8, 4) is 5.75 Å². The zero-order valence-electron chi connectivity index (χ0n) is 12.0. The number of halogens is 1. The smallest absolute Gasteiger partial charge is 0.331 e. The number of nitrogens with zero attached hydrogens (tertiary/aromatic N) is 2. The molecule has 116 valence electrons. The van der Waals surface area contributed by atoms with Crippen molar-refractivity contribution in [3.05, 3.63) is 24.3 Å². The zero-order chi connectivity index (χ0) is 15.8. The number of rotatable bonds is 7. The fourth-order valence-electron chi connectivity index (χ4n) is 1.34. The molecule has 0 saturated heterocycles. The van der Waals surface area contributed by atoms with Gasteiger partial charge in [-0.1, -0.05) is 6.92 Å². The van der Waals surface area contributed by atoms with Crippen molar-refractivity contribution < 1.29 is 24.0 Å². The Morgan fingerprint density at radius 1 is 1.19 bits per heavy atom. The third-order valence-corrected chi connectivity index (χ3v) is 2.59. The van der Waals surface area contributed by atoms with Gasteiger partial charge in [0.25, 0.3) is 0 Å². The van der Waals surface area contributed by atoms with Crippen molar-refractivity contribution >= 4 is 29.4 Å². The Balaban J connectivity index is 2.84. The molecular formula is C13H17ClN2O5. The molecule has 0 atom stereocenters. The maximum absolute atomic E-state index is 11.5. The van der Waals surface area contributed by atoms with Crippen molar-refractivity contribution in [2.45, 2.75) is 26.7 Å². The van der Waals surface area contributed by atoms with E-state index in [0.29, 0.717) is 23.2 Å². The van der Waals surface area contributed by atoms with Crippen LogP contribution in [0.1, 0.15) is 26.7 Å². The van der Waals surface area contributed by atoms with Gasteiger partial charge in [-0.15, -0.1) is 4.53 Å². The Kier molecular flexibility index (Phi) is 6.77. The van der Waals surface area contributed by atoms with Gasteiger partial charge in [-0.2, -0.15) is 0 Å². The van der Waals surface area contributed by atoms with E-state index in [4.69, 9.17) is 26.2 Å². The molecule has 21 heavy (non-hydrogen) atoms. The summed E-state index contributed by atoms with van der Waals surface area (Å²) in [5.74, 6) is -0.623. The number of benzene rings is 1. The second kappa shape index (κ2) is 8.33. The second-order valence-corrected chi connectivity index (χ2v) is 4.31. The van der Waals surface area contributed by atoms with Gasteiger partial charge in [-0.05, 0) is 30.7 Å². The molecule has 0 radical (unpaired) electrons. The number of carbonyl (C=O) groups is 2. The van der Waals surface area contributed by atoms with Crippen LogP contribution in [0.4, 0.5) is 5.69 Å². The van der Waals surface area contributed by atoms with Crippen molar-refractivity contribution in [1.29, 1.82) is 0 Å². The number of hydrogen-bond donors (Lipinski definition) is 0. The summed E-state index contributed by atoms with van der Waals surface area (Å²) in [7, 11) is 1.53. The monoisotopic (exact) mass is 316 g/mol. The van der Waals surface area contributed by atoms with E-state index in [1.807, 2.05) is 6.92 Å². The Morgan fingerprint density at radius 3 is 2.29 bits per heavy atom. The summed E-state index contributed by atoms with van der Waals surface area (Å²) in [6.07, 6.45) is 0.767. The molecule has 0 saturated carbocycles. The van der Waals surface area contributed by atoms with Crippen LogP contribution in [0.25, 0.3) is 0 Å². The van der Waals surface area contributed by atoms with Gasteiger partial charge in [0.2, 0.25) is 0 Å². The third kappa shape index (κ3) is 5.49. The van der Waals surface area contributed by atoms with E-state index < -0.39 is 11.9 Å². The van der Waals surface area contributed by atoms with Crippen LogP contribution in [-0.4, -0.2) is 24.4 Å². The lowest BCUT2D eigenvalue weighted by Crippen LogP contribution is -2.39. The van der Waals surface area contributed by atoms with Crippen LogP contribution >= 0.6 is 11.8 Å². The van der Waals surface area contributed by atoms with Crippen LogP contribution in [0.3, 0.4) is 0 Å². The van der Waals surface area contributed by atoms with Gasteiger partial charge in [0.15, 0.2) is 5.34 Å². The average Bonchev–Trinajstić information content (AvgIpc) is 2.45. The molecule has 8 heteroatoms. The lowest BCUT2D eigenvalue weighted by atomic mass is 10.3. The van der Waals surface area contributed by atoms with Crippen LogP contribution in [0, 0.1) is 0 Å². The summed E-state index contributed by atoms with van der Waals surface area (Å²) in [6, 6.07) is 6.53. The van der Waals surface area contributed by atoms with E-state index in [2.05, 4.69) is 0 Å². The van der Waals surface area contributed by atoms with Gasteiger partial charge >= 0.3 is 11.9 Å². The quantitative estimate of drug-likeness (QED) is 0.565. The Hall–Kier alpha value is -1.99. The van der Waals surface area contributed by atoms with Gasteiger partial charge in [-0.25, -0.2) is 0 Å². The van der Waals surface area contributed by atoms with Crippen LogP contribution < -0.4 is 9.26 Å². The summed E-state index contributed by atoms with van der Waals surface area (Å²) >= 11 is 6.02. The number of anilines is 1. The summed E-state index contributed by atoms with van der Waals surface area (Å²) in [5.41, 5.74) is 0.419. The number of ether oxygens (including phenoxy) is 1. The van der Waals surface area contributed by atoms with E-state index in [9.17, 15) is 9.59 Å². The minimum absolute atomic E-state index is 0.172. The van der Waals surface area contributed by atoms with Crippen molar-refractivity contribution in [3.63, 3.8) is 0 Å². The highest BCUT2D eigenvalue weighted by molar-refractivity contribution is 6.24. The second-order valence-electron chi connectivity index (χ2n) is 3.99. The average molecular weight is 317 g/mol. The highest BCUT2D eigenvalue weighted by Gasteiger charge is 2.23. The number of carbonyl (C=O) groups excluding carboxylic acids is 2. The molecule has 0 spiro atoms. The number of hydrazine groups is 1. The Bertz CT molecular complexity index is 480. The largest absolute Gasteiger partial charge is 0.497 e. The van der Waals surface area contributed by atoms with E-state index in [1.54, 1.807) is 24.3 Å². The predicted molar refractivity (Wildman–Crippen MR) is 75.9 cm³/mol. The van der Waals surface area contributed by atoms with Gasteiger partial charge in [0.1, 0.15) is 5.75 Å². The molecule has 0 fully saturated rings. The van der Waals surface area contributed by atoms with E-state index in [-0.39, 0.29) is 6.42 Å². The molecule has 0 heterocycles. The molecule has 0 aliphatic carbocycles. The Morgan fingerprint density at radius 2 is 1.81 bits per heavy atom. The maximum atomic E-state index is 11.5. The lowest BCUT2D eigenvalue weighted by Gasteiger charge is -2.25. The van der Waals surface area contributed by atoms with Crippen molar-refractivity contribution in [2.24, 2.45) is 0 Å². The number of hydrogen-bond acceptors (Lipinski definition) is 7. The molecule has 0 aromatic heterocycles. The molecule has 0 N–H and O–H groups in total. The summed E-state index contributed by atoms with van der Waals surface area (Å²) < 4.78 is 5.89. The first kappa shape index (κ1) is 17.1. The first-order valence-electron chi connectivity index (χ1n) is 6.27. The standard InChI is InChI=1S/C13H17ClN2O5/c1-4-5-13(18)21-16(20-10(2)17)15(14)11-6-8-12(19-3)9-7-11/h6-9H,4-5H2,1-3H3. The first-order chi connectivity index (χ1) is 9.97. The minimum atomic E-state index is -0.682. The molecule has 1 rings (SSSR count). The van der Waals surface area contributed by atoms with Crippen molar-refractivity contribution in [2.75, 3.05) is 11.6 Å². The van der Waals surface area contributed by atoms with E-state index >= 15 is 0 Å². The van der Waals surface area contributed by atoms with E-state index in [1.165, 1.54) is 14.0 Å². The van der Waals surface area contributed by atoms with E-state index in [0.717, 1.165) is 4.53 Å². The highest BCUT2D eigenvalue weighted by Crippen LogP contribution is 2.23. The molecule has 0 aliphatic rings. The fraction of sp³-hybridized carbons (Fsp3) is 0.385. The highest BCUT2D eigenvalue weighted by atomic mass is 35.5. The normalized spacial score (nSPS) is 10.1. The topological polar surface area (TPSA) is 68.3 Å². The maximum Gasteiger partial charge on any atom is 0.331 e. The molecular weight excluding hydrogens is 300 g/mol. The lowest BCUT2D eigenvalue weighted by molar-refractivity contribution is -0.321. The fourth-order valence-corrected chi connectivity index (χ4v) is 1.51. The first-order valence-corrected chi connectivity index (χ1v) is 6.61. The Labute approximate surface area is 127 Å². The molecule has 1 aromatic carbocycles. The summed E-state index contributed by atoms with van der Waals surface area (Å²) in [6.45, 7) is 2.98. The molecule has 0 amide bonds. The van der Waals surface area contributed by atoms with Crippen molar-refractivity contribution in [1.82, 2.24) is 5.34 Å². The zero-order valence-corrected chi connectivity index (χ0v) is 12.8. The SMILES string of the molecule is CCCC(=O)ON(OC(C)=O)N(Cl)c1ccc(OC)cc1. The third-order valence-electron chi connectivity index (χ3n) is 2.27. The summed E-state index contributed by atoms with van der Waals surface area (Å²) in [4.78, 5) is 32.2.